The molecule has 0 spiro atoms. The van der Waals surface area contributed by atoms with Crippen molar-refractivity contribution in [2.45, 2.75) is 12.1 Å². The van der Waals surface area contributed by atoms with Gasteiger partial charge in [-0.25, -0.2) is 10.4 Å². The van der Waals surface area contributed by atoms with Gasteiger partial charge in [-0.05, 0) is 41.5 Å². The number of aromatic nitrogens is 1. The largest absolute Gasteiger partial charge is 0.431 e. The van der Waals surface area contributed by atoms with Gasteiger partial charge in [-0.15, -0.1) is 0 Å². The van der Waals surface area contributed by atoms with Gasteiger partial charge < -0.3 is 4.42 Å². The number of benzene rings is 3. The predicted molar refractivity (Wildman–Crippen MR) is 109 cm³/mol. The number of thioether (sulfide) groups is 1. The standard InChI is InChI=1S/C21H17N3O2S/c1-14(16-11-10-15-6-2-3-7-17(15)12-16)23-24-20(25)13-27-21-22-18-8-4-5-9-19(18)26-21/h2-12H,13H2,1H3,(H,24,25)/b23-14+. The monoisotopic (exact) mass is 375 g/mol. The summed E-state index contributed by atoms with van der Waals surface area (Å²) < 4.78 is 5.59. The molecular weight excluding hydrogens is 358 g/mol. The number of hydrogen-bond acceptors (Lipinski definition) is 5. The van der Waals surface area contributed by atoms with Gasteiger partial charge in [0, 0.05) is 0 Å². The topological polar surface area (TPSA) is 67.5 Å². The van der Waals surface area contributed by atoms with Crippen LogP contribution < -0.4 is 5.43 Å². The number of fused-ring (bicyclic) bond motifs is 2. The highest BCUT2D eigenvalue weighted by molar-refractivity contribution is 7.99. The molecule has 1 heterocycles. The van der Waals surface area contributed by atoms with Crippen LogP contribution in [0.3, 0.4) is 0 Å². The molecule has 27 heavy (non-hydrogen) atoms. The molecule has 0 fully saturated rings. The molecule has 4 rings (SSSR count). The third kappa shape index (κ3) is 4.01. The number of nitrogens with one attached hydrogen (secondary N) is 1. The van der Waals surface area contributed by atoms with E-state index in [0.29, 0.717) is 10.8 Å². The molecule has 3 aromatic carbocycles. The first-order chi connectivity index (χ1) is 13.2. The number of rotatable bonds is 5. The molecule has 0 aliphatic rings. The highest BCUT2D eigenvalue weighted by atomic mass is 32.2. The van der Waals surface area contributed by atoms with Crippen LogP contribution in [-0.2, 0) is 4.79 Å². The van der Waals surface area contributed by atoms with E-state index in [9.17, 15) is 4.79 Å². The lowest BCUT2D eigenvalue weighted by atomic mass is 10.0. The summed E-state index contributed by atoms with van der Waals surface area (Å²) in [7, 11) is 0. The van der Waals surface area contributed by atoms with Crippen molar-refractivity contribution in [3.05, 3.63) is 72.3 Å². The number of nitrogens with zero attached hydrogens (tertiary/aromatic N) is 2. The van der Waals surface area contributed by atoms with Gasteiger partial charge >= 0.3 is 0 Å². The van der Waals surface area contributed by atoms with E-state index in [0.717, 1.165) is 22.2 Å². The Morgan fingerprint density at radius 3 is 2.70 bits per heavy atom. The molecule has 134 valence electrons. The highest BCUT2D eigenvalue weighted by Gasteiger charge is 2.09. The van der Waals surface area contributed by atoms with E-state index in [1.807, 2.05) is 49.4 Å². The van der Waals surface area contributed by atoms with Crippen LogP contribution in [0.4, 0.5) is 0 Å². The van der Waals surface area contributed by atoms with Crippen LogP contribution in [0, 0.1) is 0 Å². The average Bonchev–Trinajstić information content (AvgIpc) is 3.13. The Morgan fingerprint density at radius 2 is 1.85 bits per heavy atom. The Kier molecular flexibility index (Phi) is 4.89. The van der Waals surface area contributed by atoms with Crippen molar-refractivity contribution < 1.29 is 9.21 Å². The summed E-state index contributed by atoms with van der Waals surface area (Å²) in [5, 5.41) is 7.00. The summed E-state index contributed by atoms with van der Waals surface area (Å²) >= 11 is 1.24. The lowest BCUT2D eigenvalue weighted by molar-refractivity contribution is -0.118. The Morgan fingerprint density at radius 1 is 1.07 bits per heavy atom. The Balaban J connectivity index is 1.38. The van der Waals surface area contributed by atoms with Crippen molar-refractivity contribution in [3.8, 4) is 0 Å². The lowest BCUT2D eigenvalue weighted by Crippen LogP contribution is -2.21. The Hall–Kier alpha value is -3.12. The zero-order valence-corrected chi connectivity index (χ0v) is 15.5. The van der Waals surface area contributed by atoms with Crippen LogP contribution in [0.1, 0.15) is 12.5 Å². The second-order valence-electron chi connectivity index (χ2n) is 6.03. The van der Waals surface area contributed by atoms with E-state index in [1.165, 1.54) is 17.1 Å². The van der Waals surface area contributed by atoms with Gasteiger partial charge in [0.15, 0.2) is 5.58 Å². The fourth-order valence-electron chi connectivity index (χ4n) is 2.70. The molecule has 4 aromatic rings. The maximum atomic E-state index is 12.1. The zero-order chi connectivity index (χ0) is 18.6. The van der Waals surface area contributed by atoms with Gasteiger partial charge in [0.2, 0.25) is 0 Å². The number of amides is 1. The third-order valence-corrected chi connectivity index (χ3v) is 4.94. The summed E-state index contributed by atoms with van der Waals surface area (Å²) in [6.07, 6.45) is 0. The number of oxazole rings is 1. The summed E-state index contributed by atoms with van der Waals surface area (Å²) in [4.78, 5) is 16.4. The van der Waals surface area contributed by atoms with Crippen LogP contribution in [0.15, 0.2) is 81.5 Å². The maximum Gasteiger partial charge on any atom is 0.257 e. The van der Waals surface area contributed by atoms with Gasteiger partial charge in [-0.2, -0.15) is 5.10 Å². The molecule has 0 aliphatic carbocycles. The molecule has 1 amide bonds. The molecular formula is C21H17N3O2S. The molecule has 0 saturated carbocycles. The summed E-state index contributed by atoms with van der Waals surface area (Å²) in [5.74, 6) is -0.0242. The zero-order valence-electron chi connectivity index (χ0n) is 14.7. The fourth-order valence-corrected chi connectivity index (χ4v) is 3.33. The Bertz CT molecular complexity index is 1120. The third-order valence-electron chi connectivity index (χ3n) is 4.12. The molecule has 0 radical (unpaired) electrons. The van der Waals surface area contributed by atoms with Crippen molar-refractivity contribution in [1.82, 2.24) is 10.4 Å². The molecule has 5 nitrogen and oxygen atoms in total. The van der Waals surface area contributed by atoms with E-state index >= 15 is 0 Å². The molecule has 0 bridgehead atoms. The Labute approximate surface area is 160 Å². The van der Waals surface area contributed by atoms with Crippen molar-refractivity contribution >= 4 is 45.3 Å². The predicted octanol–water partition coefficient (Wildman–Crippen LogP) is 4.61. The van der Waals surface area contributed by atoms with Crippen LogP contribution in [0.2, 0.25) is 0 Å². The minimum Gasteiger partial charge on any atom is -0.431 e. The van der Waals surface area contributed by atoms with Gasteiger partial charge in [0.05, 0.1) is 11.5 Å². The maximum absolute atomic E-state index is 12.1. The molecule has 0 aliphatic heterocycles. The molecule has 6 heteroatoms. The lowest BCUT2D eigenvalue weighted by Gasteiger charge is -2.04. The number of para-hydroxylation sites is 2. The molecule has 1 N–H and O–H groups in total. The summed E-state index contributed by atoms with van der Waals surface area (Å²) in [6.45, 7) is 1.87. The first kappa shape index (κ1) is 17.3. The first-order valence-electron chi connectivity index (χ1n) is 8.50. The van der Waals surface area contributed by atoms with E-state index in [2.05, 4.69) is 39.8 Å². The number of carbonyl (C=O) groups excluding carboxylic acids is 1. The van der Waals surface area contributed by atoms with Crippen molar-refractivity contribution in [2.24, 2.45) is 5.10 Å². The fraction of sp³-hybridized carbons (Fsp3) is 0.0952. The van der Waals surface area contributed by atoms with Gasteiger partial charge in [-0.3, -0.25) is 4.79 Å². The first-order valence-corrected chi connectivity index (χ1v) is 9.48. The van der Waals surface area contributed by atoms with Crippen molar-refractivity contribution in [2.75, 3.05) is 5.75 Å². The summed E-state index contributed by atoms with van der Waals surface area (Å²) in [6, 6.07) is 21.8. The molecule has 1 aromatic heterocycles. The van der Waals surface area contributed by atoms with Crippen molar-refractivity contribution in [1.29, 1.82) is 0 Å². The normalized spacial score (nSPS) is 11.8. The second kappa shape index (κ2) is 7.63. The van der Waals surface area contributed by atoms with Crippen LogP contribution in [-0.4, -0.2) is 22.4 Å². The van der Waals surface area contributed by atoms with Gasteiger partial charge in [0.1, 0.15) is 5.52 Å². The molecule has 0 unspecified atom stereocenters. The summed E-state index contributed by atoms with van der Waals surface area (Å²) in [5.41, 5.74) is 5.81. The second-order valence-corrected chi connectivity index (χ2v) is 6.96. The van der Waals surface area contributed by atoms with E-state index < -0.39 is 0 Å². The average molecular weight is 375 g/mol. The number of hydrogen-bond donors (Lipinski definition) is 1. The highest BCUT2D eigenvalue weighted by Crippen LogP contribution is 2.22. The number of carbonyl (C=O) groups is 1. The quantitative estimate of drug-likeness (QED) is 0.314. The van der Waals surface area contributed by atoms with Crippen LogP contribution in [0.5, 0.6) is 0 Å². The number of hydrazone groups is 1. The smallest absolute Gasteiger partial charge is 0.257 e. The minimum atomic E-state index is -0.206. The SMILES string of the molecule is C/C(=N\NC(=O)CSc1nc2ccccc2o1)c1ccc2ccccc2c1. The van der Waals surface area contributed by atoms with Gasteiger partial charge in [0.25, 0.3) is 11.1 Å². The van der Waals surface area contributed by atoms with Crippen molar-refractivity contribution in [3.63, 3.8) is 0 Å². The van der Waals surface area contributed by atoms with E-state index in [-0.39, 0.29) is 11.7 Å². The van der Waals surface area contributed by atoms with Gasteiger partial charge in [-0.1, -0.05) is 60.3 Å². The van der Waals surface area contributed by atoms with E-state index in [4.69, 9.17) is 4.42 Å². The van der Waals surface area contributed by atoms with Crippen LogP contribution >= 0.6 is 11.8 Å². The minimum absolute atomic E-state index is 0.182. The molecule has 0 atom stereocenters. The molecule has 0 saturated heterocycles. The van der Waals surface area contributed by atoms with E-state index in [1.54, 1.807) is 0 Å². The van der Waals surface area contributed by atoms with Crippen LogP contribution in [0.25, 0.3) is 21.9 Å².